The zero-order valence-electron chi connectivity index (χ0n) is 14.5. The van der Waals surface area contributed by atoms with E-state index in [2.05, 4.69) is 10.6 Å². The molecule has 130 valence electrons. The monoisotopic (exact) mass is 331 g/mol. The average molecular weight is 331 g/mol. The molecule has 0 radical (unpaired) electrons. The van der Waals surface area contributed by atoms with Crippen molar-refractivity contribution in [2.45, 2.75) is 52.6 Å². The van der Waals surface area contributed by atoms with Crippen LogP contribution in [0.3, 0.4) is 0 Å². The number of anilines is 1. The Morgan fingerprint density at radius 2 is 1.96 bits per heavy atom. The second-order valence-corrected chi connectivity index (χ2v) is 6.18. The Balaban J connectivity index is 2.15. The molecule has 1 aliphatic rings. The van der Waals surface area contributed by atoms with Crippen LogP contribution in [-0.4, -0.2) is 35.2 Å². The topological polar surface area (TPSA) is 78.5 Å². The Hall–Kier alpha value is -2.37. The quantitative estimate of drug-likeness (QED) is 0.864. The van der Waals surface area contributed by atoms with Crippen LogP contribution in [0, 0.1) is 0 Å². The minimum atomic E-state index is -0.465. The second kappa shape index (κ2) is 7.95. The average Bonchev–Trinajstić information content (AvgIpc) is 2.52. The van der Waals surface area contributed by atoms with E-state index in [1.54, 1.807) is 4.90 Å². The van der Waals surface area contributed by atoms with Crippen molar-refractivity contribution in [3.63, 3.8) is 0 Å². The van der Waals surface area contributed by atoms with E-state index in [1.165, 1.54) is 13.8 Å². The fraction of sp³-hybridized carbons (Fsp3) is 0.500. The fourth-order valence-electron chi connectivity index (χ4n) is 3.12. The molecule has 6 nitrogen and oxygen atoms in total. The molecule has 6 heteroatoms. The molecule has 0 saturated carbocycles. The summed E-state index contributed by atoms with van der Waals surface area (Å²) in [7, 11) is 0. The predicted molar refractivity (Wildman–Crippen MR) is 92.4 cm³/mol. The summed E-state index contributed by atoms with van der Waals surface area (Å²) >= 11 is 0. The van der Waals surface area contributed by atoms with Crippen molar-refractivity contribution in [3.05, 3.63) is 29.3 Å². The first kappa shape index (κ1) is 18.0. The molecule has 1 aliphatic heterocycles. The molecule has 24 heavy (non-hydrogen) atoms. The van der Waals surface area contributed by atoms with Crippen molar-refractivity contribution in [1.82, 2.24) is 10.2 Å². The molecule has 0 aromatic heterocycles. The summed E-state index contributed by atoms with van der Waals surface area (Å²) in [6.07, 6.45) is 2.15. The lowest BCUT2D eigenvalue weighted by Gasteiger charge is -2.33. The summed E-state index contributed by atoms with van der Waals surface area (Å²) in [4.78, 5) is 37.2. The molecule has 1 aromatic rings. The molecule has 0 fully saturated rings. The van der Waals surface area contributed by atoms with Crippen LogP contribution < -0.4 is 10.6 Å². The summed E-state index contributed by atoms with van der Waals surface area (Å²) in [5.74, 6) is -0.328. The van der Waals surface area contributed by atoms with Gasteiger partial charge in [-0.2, -0.15) is 0 Å². The van der Waals surface area contributed by atoms with Crippen molar-refractivity contribution in [2.75, 3.05) is 11.9 Å². The first-order chi connectivity index (χ1) is 11.4. The van der Waals surface area contributed by atoms with Crippen molar-refractivity contribution in [1.29, 1.82) is 0 Å². The van der Waals surface area contributed by atoms with Gasteiger partial charge in [-0.05, 0) is 30.0 Å². The fourth-order valence-corrected chi connectivity index (χ4v) is 3.12. The highest BCUT2D eigenvalue weighted by molar-refractivity contribution is 5.90. The van der Waals surface area contributed by atoms with E-state index in [4.69, 9.17) is 0 Å². The third-order valence-corrected chi connectivity index (χ3v) is 4.14. The maximum atomic E-state index is 12.7. The van der Waals surface area contributed by atoms with Gasteiger partial charge in [-0.15, -0.1) is 0 Å². The van der Waals surface area contributed by atoms with Gasteiger partial charge in [-0.3, -0.25) is 14.4 Å². The van der Waals surface area contributed by atoms with Crippen LogP contribution in [0.4, 0.5) is 5.69 Å². The molecule has 0 unspecified atom stereocenters. The number of benzene rings is 1. The Morgan fingerprint density at radius 1 is 1.21 bits per heavy atom. The Labute approximate surface area is 142 Å². The van der Waals surface area contributed by atoms with Crippen LogP contribution in [0.5, 0.6) is 0 Å². The molecule has 2 N–H and O–H groups in total. The van der Waals surface area contributed by atoms with E-state index in [9.17, 15) is 14.4 Å². The SMILES string of the molecule is CCC[C@H](NC(C)=O)C(=O)N1CCc2c(cccc2NC(C)=O)C1. The van der Waals surface area contributed by atoms with Crippen molar-refractivity contribution >= 4 is 23.4 Å². The molecule has 1 aromatic carbocycles. The third kappa shape index (κ3) is 4.34. The molecule has 1 atom stereocenters. The molecule has 3 amide bonds. The van der Waals surface area contributed by atoms with Crippen molar-refractivity contribution in [3.8, 4) is 0 Å². The van der Waals surface area contributed by atoms with Crippen LogP contribution >= 0.6 is 0 Å². The normalized spacial score (nSPS) is 14.5. The van der Waals surface area contributed by atoms with Crippen molar-refractivity contribution < 1.29 is 14.4 Å². The van der Waals surface area contributed by atoms with Gasteiger partial charge >= 0.3 is 0 Å². The zero-order chi connectivity index (χ0) is 17.7. The number of hydrogen-bond acceptors (Lipinski definition) is 3. The molecule has 0 bridgehead atoms. The molecule has 0 spiro atoms. The summed E-state index contributed by atoms with van der Waals surface area (Å²) < 4.78 is 0. The van der Waals surface area contributed by atoms with E-state index in [1.807, 2.05) is 25.1 Å². The summed E-state index contributed by atoms with van der Waals surface area (Å²) in [6.45, 7) is 6.00. The smallest absolute Gasteiger partial charge is 0.245 e. The minimum Gasteiger partial charge on any atom is -0.345 e. The van der Waals surface area contributed by atoms with E-state index < -0.39 is 6.04 Å². The van der Waals surface area contributed by atoms with Gasteiger partial charge in [0, 0.05) is 32.6 Å². The summed E-state index contributed by atoms with van der Waals surface area (Å²) in [6, 6.07) is 5.28. The summed E-state index contributed by atoms with van der Waals surface area (Å²) in [5, 5.41) is 5.60. The Bertz CT molecular complexity index is 642. The van der Waals surface area contributed by atoms with Gasteiger partial charge in [-0.25, -0.2) is 0 Å². The highest BCUT2D eigenvalue weighted by Gasteiger charge is 2.28. The van der Waals surface area contributed by atoms with Gasteiger partial charge in [0.2, 0.25) is 17.7 Å². The minimum absolute atomic E-state index is 0.0392. The lowest BCUT2D eigenvalue weighted by molar-refractivity contribution is -0.137. The highest BCUT2D eigenvalue weighted by atomic mass is 16.2. The van der Waals surface area contributed by atoms with Crippen LogP contribution in [-0.2, 0) is 27.3 Å². The standard InChI is InChI=1S/C18H25N3O3/c1-4-6-17(20-13(3)23)18(24)21-10-9-15-14(11-21)7-5-8-16(15)19-12(2)22/h5,7-8,17H,4,6,9-11H2,1-3H3,(H,19,22)(H,20,23)/t17-/m0/s1. The number of carbonyl (C=O) groups is 3. The molecule has 1 heterocycles. The first-order valence-electron chi connectivity index (χ1n) is 8.36. The van der Waals surface area contributed by atoms with E-state index in [0.717, 1.165) is 23.2 Å². The molecule has 0 aliphatic carbocycles. The molecule has 2 rings (SSSR count). The molecule has 0 saturated heterocycles. The van der Waals surface area contributed by atoms with Gasteiger partial charge in [0.15, 0.2) is 0 Å². The molecular formula is C18H25N3O3. The number of carbonyl (C=O) groups excluding carboxylic acids is 3. The van der Waals surface area contributed by atoms with Gasteiger partial charge in [-0.1, -0.05) is 25.5 Å². The van der Waals surface area contributed by atoms with E-state index >= 15 is 0 Å². The largest absolute Gasteiger partial charge is 0.345 e. The third-order valence-electron chi connectivity index (χ3n) is 4.14. The lowest BCUT2D eigenvalue weighted by atomic mass is 9.96. The van der Waals surface area contributed by atoms with Crippen LogP contribution in [0.1, 0.15) is 44.7 Å². The highest BCUT2D eigenvalue weighted by Crippen LogP contribution is 2.26. The number of fused-ring (bicyclic) bond motifs is 1. The van der Waals surface area contributed by atoms with Crippen LogP contribution in [0.2, 0.25) is 0 Å². The Kier molecular flexibility index (Phi) is 5.95. The predicted octanol–water partition coefficient (Wildman–Crippen LogP) is 1.83. The van der Waals surface area contributed by atoms with Crippen LogP contribution in [0.15, 0.2) is 18.2 Å². The van der Waals surface area contributed by atoms with E-state index in [-0.39, 0.29) is 17.7 Å². The maximum Gasteiger partial charge on any atom is 0.245 e. The number of amides is 3. The second-order valence-electron chi connectivity index (χ2n) is 6.18. The zero-order valence-corrected chi connectivity index (χ0v) is 14.5. The summed E-state index contributed by atoms with van der Waals surface area (Å²) in [5.41, 5.74) is 2.95. The van der Waals surface area contributed by atoms with Gasteiger partial charge in [0.05, 0.1) is 0 Å². The number of hydrogen-bond donors (Lipinski definition) is 2. The van der Waals surface area contributed by atoms with Crippen LogP contribution in [0.25, 0.3) is 0 Å². The number of rotatable bonds is 5. The lowest BCUT2D eigenvalue weighted by Crippen LogP contribution is -2.49. The first-order valence-corrected chi connectivity index (χ1v) is 8.36. The Morgan fingerprint density at radius 3 is 2.58 bits per heavy atom. The van der Waals surface area contributed by atoms with Crippen molar-refractivity contribution in [2.24, 2.45) is 0 Å². The van der Waals surface area contributed by atoms with Gasteiger partial charge < -0.3 is 15.5 Å². The number of nitrogens with zero attached hydrogens (tertiary/aromatic N) is 1. The number of nitrogens with one attached hydrogen (secondary N) is 2. The van der Waals surface area contributed by atoms with E-state index in [0.29, 0.717) is 25.9 Å². The van der Waals surface area contributed by atoms with Gasteiger partial charge in [0.1, 0.15) is 6.04 Å². The molecular weight excluding hydrogens is 306 g/mol. The van der Waals surface area contributed by atoms with Gasteiger partial charge in [0.25, 0.3) is 0 Å². The maximum absolute atomic E-state index is 12.7.